The fourth-order valence-corrected chi connectivity index (χ4v) is 3.93. The molecule has 3 rings (SSSR count). The average molecular weight is 422 g/mol. The maximum atomic E-state index is 12.5. The van der Waals surface area contributed by atoms with Crippen LogP contribution in [-0.2, 0) is 13.1 Å². The van der Waals surface area contributed by atoms with Crippen molar-refractivity contribution in [2.45, 2.75) is 26.9 Å². The molecule has 6 nitrogen and oxygen atoms in total. The molecule has 31 heavy (non-hydrogen) atoms. The number of carbonyl (C=O) groups is 1. The van der Waals surface area contributed by atoms with E-state index in [9.17, 15) is 4.79 Å². The lowest BCUT2D eigenvalue weighted by Crippen LogP contribution is -2.52. The van der Waals surface area contributed by atoms with Crippen LogP contribution in [0.1, 0.15) is 35.3 Å². The lowest BCUT2D eigenvalue weighted by atomic mass is 10.1. The Morgan fingerprint density at radius 3 is 2.16 bits per heavy atom. The van der Waals surface area contributed by atoms with Crippen LogP contribution in [0.4, 0.5) is 0 Å². The van der Waals surface area contributed by atoms with Gasteiger partial charge in [-0.05, 0) is 37.1 Å². The molecule has 166 valence electrons. The van der Waals surface area contributed by atoms with Gasteiger partial charge in [-0.15, -0.1) is 0 Å². The van der Waals surface area contributed by atoms with Gasteiger partial charge in [-0.2, -0.15) is 0 Å². The van der Waals surface area contributed by atoms with E-state index in [1.165, 1.54) is 5.56 Å². The molecule has 1 aliphatic rings. The van der Waals surface area contributed by atoms with Gasteiger partial charge >= 0.3 is 0 Å². The number of nitrogens with one attached hydrogen (secondary N) is 1. The van der Waals surface area contributed by atoms with Gasteiger partial charge in [0.1, 0.15) is 0 Å². The van der Waals surface area contributed by atoms with Crippen LogP contribution in [0, 0.1) is 0 Å². The molecule has 0 saturated carbocycles. The van der Waals surface area contributed by atoms with Gasteiger partial charge in [0.05, 0.1) is 0 Å². The zero-order chi connectivity index (χ0) is 22.1. The zero-order valence-electron chi connectivity index (χ0n) is 19.1. The topological polar surface area (TPSA) is 51.2 Å². The summed E-state index contributed by atoms with van der Waals surface area (Å²) in [6.07, 6.45) is 0. The number of guanidine groups is 1. The van der Waals surface area contributed by atoms with Crippen molar-refractivity contribution >= 4 is 11.9 Å². The summed E-state index contributed by atoms with van der Waals surface area (Å²) in [6.45, 7) is 11.1. The SMILES string of the molecule is CCN(CC)C(=O)c1ccc(CNC(=NC)N2CCN(Cc3ccccc3)CC2)cc1. The molecule has 0 radical (unpaired) electrons. The number of benzene rings is 2. The number of carbonyl (C=O) groups excluding carboxylic acids is 1. The first kappa shape index (κ1) is 22.8. The van der Waals surface area contributed by atoms with Crippen LogP contribution in [0.5, 0.6) is 0 Å². The Balaban J connectivity index is 1.48. The zero-order valence-corrected chi connectivity index (χ0v) is 19.1. The minimum absolute atomic E-state index is 0.0914. The van der Waals surface area contributed by atoms with Gasteiger partial charge in [0.25, 0.3) is 5.91 Å². The Morgan fingerprint density at radius 1 is 0.935 bits per heavy atom. The molecule has 1 N–H and O–H groups in total. The summed E-state index contributed by atoms with van der Waals surface area (Å²) in [5.74, 6) is 1.02. The van der Waals surface area contributed by atoms with Crippen LogP contribution in [0.3, 0.4) is 0 Å². The molecule has 0 atom stereocenters. The summed E-state index contributed by atoms with van der Waals surface area (Å²) >= 11 is 0. The van der Waals surface area contributed by atoms with Crippen molar-refractivity contribution in [3.8, 4) is 0 Å². The van der Waals surface area contributed by atoms with Crippen LogP contribution in [-0.4, -0.2) is 72.9 Å². The van der Waals surface area contributed by atoms with Crippen molar-refractivity contribution in [3.05, 3.63) is 71.3 Å². The normalized spacial score (nSPS) is 15.1. The molecule has 1 aliphatic heterocycles. The summed E-state index contributed by atoms with van der Waals surface area (Å²) in [6, 6.07) is 18.5. The van der Waals surface area contributed by atoms with Crippen molar-refractivity contribution in [3.63, 3.8) is 0 Å². The first-order valence-corrected chi connectivity index (χ1v) is 11.2. The van der Waals surface area contributed by atoms with Gasteiger partial charge in [0, 0.05) is 65.0 Å². The lowest BCUT2D eigenvalue weighted by molar-refractivity contribution is 0.0773. The maximum absolute atomic E-state index is 12.5. The summed E-state index contributed by atoms with van der Waals surface area (Å²) in [5, 5.41) is 3.48. The summed E-state index contributed by atoms with van der Waals surface area (Å²) in [4.78, 5) is 23.6. The molecule has 2 aromatic carbocycles. The third-order valence-electron chi connectivity index (χ3n) is 5.83. The van der Waals surface area contributed by atoms with E-state index in [-0.39, 0.29) is 5.91 Å². The molecule has 6 heteroatoms. The molecule has 1 amide bonds. The van der Waals surface area contributed by atoms with E-state index in [1.807, 2.05) is 50.1 Å². The molecule has 1 heterocycles. The first-order valence-electron chi connectivity index (χ1n) is 11.2. The smallest absolute Gasteiger partial charge is 0.253 e. The molecule has 1 fully saturated rings. The standard InChI is InChI=1S/C25H35N5O/c1-4-29(5-2)24(31)23-13-11-21(12-14-23)19-27-25(26-3)30-17-15-28(16-18-30)20-22-9-7-6-8-10-22/h6-14H,4-5,15-20H2,1-3H3,(H,26,27). The molecule has 0 bridgehead atoms. The molecular weight excluding hydrogens is 386 g/mol. The van der Waals surface area contributed by atoms with E-state index in [4.69, 9.17) is 0 Å². The molecule has 0 unspecified atom stereocenters. The van der Waals surface area contributed by atoms with Crippen LogP contribution < -0.4 is 5.32 Å². The molecule has 0 aliphatic carbocycles. The number of hydrogen-bond donors (Lipinski definition) is 1. The number of rotatable bonds is 7. The van der Waals surface area contributed by atoms with E-state index >= 15 is 0 Å². The number of amides is 1. The van der Waals surface area contributed by atoms with Gasteiger partial charge in [-0.1, -0.05) is 42.5 Å². The minimum atomic E-state index is 0.0914. The van der Waals surface area contributed by atoms with Gasteiger partial charge in [0.15, 0.2) is 5.96 Å². The van der Waals surface area contributed by atoms with Crippen LogP contribution in [0.15, 0.2) is 59.6 Å². The largest absolute Gasteiger partial charge is 0.352 e. The predicted octanol–water partition coefficient (Wildman–Crippen LogP) is 3.06. The van der Waals surface area contributed by atoms with Crippen LogP contribution >= 0.6 is 0 Å². The van der Waals surface area contributed by atoms with E-state index < -0.39 is 0 Å². The predicted molar refractivity (Wildman–Crippen MR) is 127 cm³/mol. The van der Waals surface area contributed by atoms with Gasteiger partial charge in [-0.25, -0.2) is 0 Å². The van der Waals surface area contributed by atoms with Crippen LogP contribution in [0.25, 0.3) is 0 Å². The maximum Gasteiger partial charge on any atom is 0.253 e. The second-order valence-corrected chi connectivity index (χ2v) is 7.82. The quantitative estimate of drug-likeness (QED) is 0.551. The number of piperazine rings is 1. The molecule has 0 aromatic heterocycles. The Bertz CT molecular complexity index is 838. The Morgan fingerprint density at radius 2 is 1.58 bits per heavy atom. The summed E-state index contributed by atoms with van der Waals surface area (Å²) < 4.78 is 0. The van der Waals surface area contributed by atoms with E-state index in [0.717, 1.165) is 62.9 Å². The van der Waals surface area contributed by atoms with Crippen molar-refractivity contribution in [1.82, 2.24) is 20.0 Å². The average Bonchev–Trinajstić information content (AvgIpc) is 2.82. The lowest BCUT2D eigenvalue weighted by Gasteiger charge is -2.36. The van der Waals surface area contributed by atoms with Gasteiger partial charge in [-0.3, -0.25) is 14.7 Å². The second-order valence-electron chi connectivity index (χ2n) is 7.82. The molecule has 0 spiro atoms. The second kappa shape index (κ2) is 11.5. The number of nitrogens with zero attached hydrogens (tertiary/aromatic N) is 4. The monoisotopic (exact) mass is 421 g/mol. The highest BCUT2D eigenvalue weighted by Gasteiger charge is 2.19. The molecule has 1 saturated heterocycles. The van der Waals surface area contributed by atoms with Crippen molar-refractivity contribution in [2.24, 2.45) is 4.99 Å². The summed E-state index contributed by atoms with van der Waals surface area (Å²) in [5.41, 5.74) is 3.24. The Labute approximate surface area is 186 Å². The fourth-order valence-electron chi connectivity index (χ4n) is 3.93. The third-order valence-corrected chi connectivity index (χ3v) is 5.83. The molecular formula is C25H35N5O. The molecule has 2 aromatic rings. The highest BCUT2D eigenvalue weighted by molar-refractivity contribution is 5.94. The minimum Gasteiger partial charge on any atom is -0.352 e. The van der Waals surface area contributed by atoms with Crippen molar-refractivity contribution < 1.29 is 4.79 Å². The number of aliphatic imine (C=N–C) groups is 1. The number of hydrogen-bond acceptors (Lipinski definition) is 3. The van der Waals surface area contributed by atoms with Gasteiger partial charge < -0.3 is 15.1 Å². The third kappa shape index (κ3) is 6.31. The fraction of sp³-hybridized carbons (Fsp3) is 0.440. The van der Waals surface area contributed by atoms with Crippen molar-refractivity contribution in [1.29, 1.82) is 0 Å². The van der Waals surface area contributed by atoms with Crippen LogP contribution in [0.2, 0.25) is 0 Å². The highest BCUT2D eigenvalue weighted by Crippen LogP contribution is 2.10. The summed E-state index contributed by atoms with van der Waals surface area (Å²) in [7, 11) is 1.84. The van der Waals surface area contributed by atoms with E-state index in [1.54, 1.807) is 0 Å². The highest BCUT2D eigenvalue weighted by atomic mass is 16.2. The van der Waals surface area contributed by atoms with Gasteiger partial charge in [0.2, 0.25) is 0 Å². The Hall–Kier alpha value is -2.86. The van der Waals surface area contributed by atoms with Crippen molar-refractivity contribution in [2.75, 3.05) is 46.3 Å². The van der Waals surface area contributed by atoms with E-state index in [2.05, 4.69) is 50.4 Å². The van der Waals surface area contributed by atoms with E-state index in [0.29, 0.717) is 6.54 Å². The first-order chi connectivity index (χ1) is 15.1. The Kier molecular flexibility index (Phi) is 8.47.